The average Bonchev–Trinajstić information content (AvgIpc) is 2.97. The lowest BCUT2D eigenvalue weighted by Crippen LogP contribution is -2.57. The third kappa shape index (κ3) is 3.17. The Hall–Kier alpha value is -0.960. The average molecular weight is 358 g/mol. The number of hydrogen-bond donors (Lipinski definition) is 1. The number of thiophene rings is 1. The van der Waals surface area contributed by atoms with E-state index in [-0.39, 0.29) is 17.9 Å². The predicted molar refractivity (Wildman–Crippen MR) is 89.7 cm³/mol. The minimum atomic E-state index is -3.41. The summed E-state index contributed by atoms with van der Waals surface area (Å²) >= 11 is 1.28. The van der Waals surface area contributed by atoms with Gasteiger partial charge in [0.25, 0.3) is 10.0 Å². The van der Waals surface area contributed by atoms with Gasteiger partial charge < -0.3 is 10.6 Å². The van der Waals surface area contributed by atoms with Crippen LogP contribution in [0.2, 0.25) is 0 Å². The largest absolute Gasteiger partial charge is 0.338 e. The molecule has 1 aromatic rings. The summed E-state index contributed by atoms with van der Waals surface area (Å²) in [7, 11) is -3.41. The molecule has 3 rings (SSSR count). The number of carbonyl (C=O) groups excluding carboxylic acids is 1. The van der Waals surface area contributed by atoms with Crippen LogP contribution >= 0.6 is 11.3 Å². The predicted octanol–water partition coefficient (Wildman–Crippen LogP) is 1.02. The third-order valence-corrected chi connectivity index (χ3v) is 8.18. The van der Waals surface area contributed by atoms with Crippen LogP contribution in [0.15, 0.2) is 15.7 Å². The zero-order chi connectivity index (χ0) is 16.6. The van der Waals surface area contributed by atoms with Crippen molar-refractivity contribution in [2.24, 2.45) is 11.7 Å². The Bertz CT molecular complexity index is 686. The molecular formula is C15H23N3O3S2. The van der Waals surface area contributed by atoms with Crippen LogP contribution in [0.25, 0.3) is 0 Å². The molecule has 1 amide bonds. The second kappa shape index (κ2) is 6.51. The first-order valence-corrected chi connectivity index (χ1v) is 10.3. The van der Waals surface area contributed by atoms with Gasteiger partial charge in [0.1, 0.15) is 4.21 Å². The van der Waals surface area contributed by atoms with Crippen LogP contribution in [0.3, 0.4) is 0 Å². The summed E-state index contributed by atoms with van der Waals surface area (Å²) in [6.45, 7) is 3.88. The first-order chi connectivity index (χ1) is 10.9. The van der Waals surface area contributed by atoms with E-state index < -0.39 is 10.0 Å². The van der Waals surface area contributed by atoms with Gasteiger partial charge in [0.2, 0.25) is 5.91 Å². The van der Waals surface area contributed by atoms with E-state index >= 15 is 0 Å². The molecule has 0 saturated carbocycles. The summed E-state index contributed by atoms with van der Waals surface area (Å²) in [6, 6.07) is 1.87. The fraction of sp³-hybridized carbons (Fsp3) is 0.667. The number of nitrogens with two attached hydrogens (primary N) is 1. The highest BCUT2D eigenvalue weighted by Gasteiger charge is 2.42. The van der Waals surface area contributed by atoms with Crippen LogP contribution in [-0.2, 0) is 14.8 Å². The van der Waals surface area contributed by atoms with Crippen molar-refractivity contribution < 1.29 is 13.2 Å². The minimum absolute atomic E-state index is 0.135. The van der Waals surface area contributed by atoms with Crippen LogP contribution in [0.1, 0.15) is 24.8 Å². The summed E-state index contributed by atoms with van der Waals surface area (Å²) in [4.78, 5) is 14.0. The van der Waals surface area contributed by atoms with E-state index in [4.69, 9.17) is 5.73 Å². The molecule has 0 unspecified atom stereocenters. The van der Waals surface area contributed by atoms with E-state index in [0.29, 0.717) is 43.2 Å². The lowest BCUT2D eigenvalue weighted by molar-refractivity contribution is -0.140. The number of rotatable bonds is 4. The van der Waals surface area contributed by atoms with E-state index in [1.54, 1.807) is 10.4 Å². The number of aryl methyl sites for hydroxylation is 1. The highest BCUT2D eigenvalue weighted by atomic mass is 32.2. The van der Waals surface area contributed by atoms with Crippen molar-refractivity contribution in [1.82, 2.24) is 9.21 Å². The van der Waals surface area contributed by atoms with E-state index in [1.165, 1.54) is 11.3 Å². The van der Waals surface area contributed by atoms with Gasteiger partial charge in [-0.2, -0.15) is 4.31 Å². The minimum Gasteiger partial charge on any atom is -0.338 e. The Labute approximate surface area is 141 Å². The molecule has 2 fully saturated rings. The lowest BCUT2D eigenvalue weighted by atomic mass is 9.84. The number of amides is 1. The summed E-state index contributed by atoms with van der Waals surface area (Å²) in [5.74, 6) is 0.366. The maximum absolute atomic E-state index is 12.8. The molecule has 1 aromatic heterocycles. The van der Waals surface area contributed by atoms with Gasteiger partial charge in [-0.15, -0.1) is 11.3 Å². The molecule has 128 valence electrons. The van der Waals surface area contributed by atoms with Gasteiger partial charge in [-0.3, -0.25) is 4.79 Å². The molecule has 6 nitrogen and oxygen atoms in total. The zero-order valence-electron chi connectivity index (χ0n) is 13.3. The second-order valence-electron chi connectivity index (χ2n) is 6.34. The van der Waals surface area contributed by atoms with Gasteiger partial charge in [-0.1, -0.05) is 0 Å². The quantitative estimate of drug-likeness (QED) is 0.872. The molecule has 2 N–H and O–H groups in total. The lowest BCUT2D eigenvalue weighted by Gasteiger charge is -2.46. The number of hydrogen-bond acceptors (Lipinski definition) is 5. The number of carbonyl (C=O) groups is 1. The third-order valence-electron chi connectivity index (χ3n) is 4.78. The molecular weight excluding hydrogens is 334 g/mol. The molecule has 8 heteroatoms. The standard InChI is InChI=1S/C15H23N3O3S2/c1-11-8-15(22-10-11)23(20,21)17-6-4-13-12(9-17)2-3-14(19)18(13)7-5-16/h8,10,12-13H,2-7,9,16H2,1H3/t12-,13+/m0/s1. The van der Waals surface area contributed by atoms with Crippen molar-refractivity contribution >= 4 is 27.3 Å². The van der Waals surface area contributed by atoms with Gasteiger partial charge in [0, 0.05) is 38.6 Å². The Morgan fingerprint density at radius 1 is 1.39 bits per heavy atom. The molecule has 2 aliphatic heterocycles. The monoisotopic (exact) mass is 357 g/mol. The Morgan fingerprint density at radius 2 is 2.17 bits per heavy atom. The van der Waals surface area contributed by atoms with E-state index in [0.717, 1.165) is 12.0 Å². The van der Waals surface area contributed by atoms with Crippen LogP contribution in [0.4, 0.5) is 0 Å². The molecule has 2 saturated heterocycles. The van der Waals surface area contributed by atoms with Crippen LogP contribution in [-0.4, -0.2) is 55.8 Å². The highest BCUT2D eigenvalue weighted by molar-refractivity contribution is 7.91. The number of fused-ring (bicyclic) bond motifs is 1. The van der Waals surface area contributed by atoms with Crippen molar-refractivity contribution in [1.29, 1.82) is 0 Å². The van der Waals surface area contributed by atoms with Crippen LogP contribution in [0.5, 0.6) is 0 Å². The van der Waals surface area contributed by atoms with Gasteiger partial charge in [0.05, 0.1) is 0 Å². The van der Waals surface area contributed by atoms with E-state index in [9.17, 15) is 13.2 Å². The van der Waals surface area contributed by atoms with Crippen molar-refractivity contribution in [3.05, 3.63) is 17.0 Å². The topological polar surface area (TPSA) is 83.7 Å². The van der Waals surface area contributed by atoms with Crippen molar-refractivity contribution in [3.8, 4) is 0 Å². The first-order valence-electron chi connectivity index (χ1n) is 7.98. The number of sulfonamides is 1. The SMILES string of the molecule is Cc1csc(S(=O)(=O)N2CC[C@@H]3[C@@H](CCC(=O)N3CCN)C2)c1. The molecule has 23 heavy (non-hydrogen) atoms. The molecule has 2 aliphatic rings. The number of nitrogens with zero attached hydrogens (tertiary/aromatic N) is 2. The number of piperidine rings is 2. The molecule has 2 atom stereocenters. The first kappa shape index (κ1) is 16.9. The van der Waals surface area contributed by atoms with Gasteiger partial charge >= 0.3 is 0 Å². The van der Waals surface area contributed by atoms with Crippen LogP contribution < -0.4 is 5.73 Å². The Balaban J connectivity index is 1.77. The zero-order valence-corrected chi connectivity index (χ0v) is 14.9. The summed E-state index contributed by atoms with van der Waals surface area (Å²) in [6.07, 6.45) is 1.95. The highest BCUT2D eigenvalue weighted by Crippen LogP contribution is 2.34. The molecule has 3 heterocycles. The van der Waals surface area contributed by atoms with Gasteiger partial charge in [-0.05, 0) is 42.7 Å². The fourth-order valence-electron chi connectivity index (χ4n) is 3.63. The Kier molecular flexibility index (Phi) is 4.78. The van der Waals surface area contributed by atoms with Gasteiger partial charge in [-0.25, -0.2) is 8.42 Å². The summed E-state index contributed by atoms with van der Waals surface area (Å²) in [5.41, 5.74) is 6.59. The van der Waals surface area contributed by atoms with E-state index in [1.807, 2.05) is 17.2 Å². The Morgan fingerprint density at radius 3 is 2.83 bits per heavy atom. The maximum atomic E-state index is 12.8. The van der Waals surface area contributed by atoms with Gasteiger partial charge in [0.15, 0.2) is 0 Å². The maximum Gasteiger partial charge on any atom is 0.252 e. The summed E-state index contributed by atoms with van der Waals surface area (Å²) < 4.78 is 27.6. The summed E-state index contributed by atoms with van der Waals surface area (Å²) in [5, 5.41) is 1.86. The smallest absolute Gasteiger partial charge is 0.252 e. The molecule has 0 bridgehead atoms. The van der Waals surface area contributed by atoms with Crippen molar-refractivity contribution in [3.63, 3.8) is 0 Å². The molecule has 0 spiro atoms. The van der Waals surface area contributed by atoms with E-state index in [2.05, 4.69) is 0 Å². The number of likely N-dealkylation sites (tertiary alicyclic amines) is 1. The molecule has 0 aliphatic carbocycles. The molecule has 0 radical (unpaired) electrons. The normalized spacial score (nSPS) is 26.3. The van der Waals surface area contributed by atoms with Crippen LogP contribution in [0, 0.1) is 12.8 Å². The van der Waals surface area contributed by atoms with Crippen molar-refractivity contribution in [2.45, 2.75) is 36.4 Å². The molecule has 0 aromatic carbocycles. The van der Waals surface area contributed by atoms with Crippen molar-refractivity contribution in [2.75, 3.05) is 26.2 Å². The second-order valence-corrected chi connectivity index (χ2v) is 9.41. The fourth-order valence-corrected chi connectivity index (χ4v) is 6.53.